The number of amides is 1. The van der Waals surface area contributed by atoms with E-state index in [9.17, 15) is 4.79 Å². The Labute approximate surface area is 103 Å². The fourth-order valence-corrected chi connectivity index (χ4v) is 2.74. The Morgan fingerprint density at radius 3 is 2.94 bits per heavy atom. The van der Waals surface area contributed by atoms with E-state index in [4.69, 9.17) is 5.73 Å². The van der Waals surface area contributed by atoms with Gasteiger partial charge in [-0.15, -0.1) is 0 Å². The summed E-state index contributed by atoms with van der Waals surface area (Å²) >= 11 is 1.73. The minimum atomic E-state index is -0.329. The van der Waals surface area contributed by atoms with Crippen LogP contribution in [0.1, 0.15) is 39.0 Å². The van der Waals surface area contributed by atoms with E-state index in [-0.39, 0.29) is 11.9 Å². The van der Waals surface area contributed by atoms with Gasteiger partial charge in [-0.2, -0.15) is 11.8 Å². The molecule has 3 atom stereocenters. The van der Waals surface area contributed by atoms with Gasteiger partial charge in [-0.25, -0.2) is 0 Å². The van der Waals surface area contributed by atoms with E-state index in [1.54, 1.807) is 11.8 Å². The summed E-state index contributed by atoms with van der Waals surface area (Å²) in [4.78, 5) is 11.8. The molecule has 94 valence electrons. The van der Waals surface area contributed by atoms with E-state index < -0.39 is 0 Å². The highest BCUT2D eigenvalue weighted by Crippen LogP contribution is 2.23. The van der Waals surface area contributed by atoms with Crippen LogP contribution < -0.4 is 11.1 Å². The van der Waals surface area contributed by atoms with Crippen molar-refractivity contribution in [1.82, 2.24) is 5.32 Å². The monoisotopic (exact) mass is 244 g/mol. The number of hydrogen-bond acceptors (Lipinski definition) is 3. The molecule has 0 aliphatic heterocycles. The molecule has 4 heteroatoms. The molecule has 1 aliphatic carbocycles. The molecule has 3 N–H and O–H groups in total. The third-order valence-electron chi connectivity index (χ3n) is 3.25. The lowest BCUT2D eigenvalue weighted by molar-refractivity contribution is -0.123. The molecule has 2 unspecified atom stereocenters. The van der Waals surface area contributed by atoms with Gasteiger partial charge in [0, 0.05) is 6.04 Å². The van der Waals surface area contributed by atoms with Gasteiger partial charge in [0.15, 0.2) is 0 Å². The predicted octanol–water partition coefficient (Wildman–Crippen LogP) is 1.76. The standard InChI is InChI=1S/C12H24N2OS/c1-9-4-3-5-10(8-9)14-12(15)11(13)6-7-16-2/h9-11H,3-8,13H2,1-2H3,(H,14,15)/t9?,10?,11-/m1/s1. The molecule has 0 aromatic heterocycles. The molecular formula is C12H24N2OS. The maximum atomic E-state index is 11.8. The Kier molecular flexibility index (Phi) is 6.21. The van der Waals surface area contributed by atoms with E-state index in [0.29, 0.717) is 6.04 Å². The molecule has 0 bridgehead atoms. The summed E-state index contributed by atoms with van der Waals surface area (Å²) in [5.74, 6) is 1.73. The van der Waals surface area contributed by atoms with Crippen LogP contribution in [0, 0.1) is 5.92 Å². The van der Waals surface area contributed by atoms with Gasteiger partial charge in [0.05, 0.1) is 6.04 Å². The highest BCUT2D eigenvalue weighted by Gasteiger charge is 2.22. The van der Waals surface area contributed by atoms with E-state index in [0.717, 1.165) is 30.9 Å². The second kappa shape index (κ2) is 7.17. The van der Waals surface area contributed by atoms with Crippen molar-refractivity contribution in [3.8, 4) is 0 Å². The summed E-state index contributed by atoms with van der Waals surface area (Å²) in [5, 5.41) is 3.08. The number of rotatable bonds is 5. The van der Waals surface area contributed by atoms with Crippen LogP contribution in [-0.2, 0) is 4.79 Å². The van der Waals surface area contributed by atoms with Crippen LogP contribution in [0.5, 0.6) is 0 Å². The molecule has 0 radical (unpaired) electrons. The molecule has 1 rings (SSSR count). The molecule has 0 aromatic rings. The van der Waals surface area contributed by atoms with Gasteiger partial charge in [-0.3, -0.25) is 4.79 Å². The number of hydrogen-bond donors (Lipinski definition) is 2. The van der Waals surface area contributed by atoms with Crippen molar-refractivity contribution in [3.05, 3.63) is 0 Å². The lowest BCUT2D eigenvalue weighted by Gasteiger charge is -2.28. The molecule has 0 saturated heterocycles. The molecular weight excluding hydrogens is 220 g/mol. The van der Waals surface area contributed by atoms with Crippen molar-refractivity contribution in [2.75, 3.05) is 12.0 Å². The summed E-state index contributed by atoms with van der Waals surface area (Å²) in [7, 11) is 0. The number of nitrogens with one attached hydrogen (secondary N) is 1. The van der Waals surface area contributed by atoms with Crippen molar-refractivity contribution in [1.29, 1.82) is 0 Å². The summed E-state index contributed by atoms with van der Waals surface area (Å²) in [6.07, 6.45) is 7.56. The zero-order valence-corrected chi connectivity index (χ0v) is 11.2. The Morgan fingerprint density at radius 1 is 1.56 bits per heavy atom. The van der Waals surface area contributed by atoms with Crippen molar-refractivity contribution in [2.24, 2.45) is 11.7 Å². The number of nitrogens with two attached hydrogens (primary N) is 1. The van der Waals surface area contributed by atoms with E-state index in [1.165, 1.54) is 12.8 Å². The third kappa shape index (κ3) is 4.74. The molecule has 1 saturated carbocycles. The smallest absolute Gasteiger partial charge is 0.237 e. The van der Waals surface area contributed by atoms with Crippen LogP contribution in [0.4, 0.5) is 0 Å². The number of thioether (sulfide) groups is 1. The summed E-state index contributed by atoms with van der Waals surface area (Å²) in [6.45, 7) is 2.26. The fraction of sp³-hybridized carbons (Fsp3) is 0.917. The fourth-order valence-electron chi connectivity index (χ4n) is 2.25. The Morgan fingerprint density at radius 2 is 2.31 bits per heavy atom. The Bertz CT molecular complexity index is 223. The molecule has 3 nitrogen and oxygen atoms in total. The topological polar surface area (TPSA) is 55.1 Å². The first-order chi connectivity index (χ1) is 7.63. The SMILES string of the molecule is CSCC[C@@H](N)C(=O)NC1CCCC(C)C1. The van der Waals surface area contributed by atoms with Crippen molar-refractivity contribution < 1.29 is 4.79 Å². The van der Waals surface area contributed by atoms with E-state index in [1.807, 2.05) is 6.26 Å². The first kappa shape index (κ1) is 13.8. The predicted molar refractivity (Wildman–Crippen MR) is 70.5 cm³/mol. The second-order valence-corrected chi connectivity index (χ2v) is 5.85. The van der Waals surface area contributed by atoms with E-state index in [2.05, 4.69) is 12.2 Å². The summed E-state index contributed by atoms with van der Waals surface area (Å²) in [6, 6.07) is 0.0289. The highest BCUT2D eigenvalue weighted by molar-refractivity contribution is 7.98. The summed E-state index contributed by atoms with van der Waals surface area (Å²) < 4.78 is 0. The zero-order valence-electron chi connectivity index (χ0n) is 10.4. The molecule has 16 heavy (non-hydrogen) atoms. The van der Waals surface area contributed by atoms with Crippen molar-refractivity contribution in [2.45, 2.75) is 51.1 Å². The molecule has 0 heterocycles. The maximum absolute atomic E-state index is 11.8. The van der Waals surface area contributed by atoms with E-state index >= 15 is 0 Å². The van der Waals surface area contributed by atoms with Crippen molar-refractivity contribution in [3.63, 3.8) is 0 Å². The third-order valence-corrected chi connectivity index (χ3v) is 3.90. The quantitative estimate of drug-likeness (QED) is 0.775. The molecule has 1 fully saturated rings. The van der Waals surface area contributed by atoms with Crippen molar-refractivity contribution >= 4 is 17.7 Å². The first-order valence-corrected chi connectivity index (χ1v) is 7.57. The zero-order chi connectivity index (χ0) is 12.0. The normalized spacial score (nSPS) is 27.4. The van der Waals surface area contributed by atoms with Gasteiger partial charge in [-0.05, 0) is 37.2 Å². The largest absolute Gasteiger partial charge is 0.352 e. The maximum Gasteiger partial charge on any atom is 0.237 e. The lowest BCUT2D eigenvalue weighted by Crippen LogP contribution is -2.46. The summed E-state index contributed by atoms with van der Waals surface area (Å²) in [5.41, 5.74) is 5.83. The Balaban J connectivity index is 2.26. The second-order valence-electron chi connectivity index (χ2n) is 4.87. The molecule has 1 amide bonds. The van der Waals surface area contributed by atoms with Crippen LogP contribution in [-0.4, -0.2) is 30.0 Å². The van der Waals surface area contributed by atoms with Crippen LogP contribution in [0.25, 0.3) is 0 Å². The average Bonchev–Trinajstić information content (AvgIpc) is 2.25. The average molecular weight is 244 g/mol. The molecule has 0 aromatic carbocycles. The van der Waals surface area contributed by atoms with Gasteiger partial charge in [-0.1, -0.05) is 19.8 Å². The Hall–Kier alpha value is -0.220. The van der Waals surface area contributed by atoms with Crippen LogP contribution in [0.2, 0.25) is 0 Å². The van der Waals surface area contributed by atoms with Gasteiger partial charge in [0.2, 0.25) is 5.91 Å². The van der Waals surface area contributed by atoms with Gasteiger partial charge in [0.1, 0.15) is 0 Å². The minimum Gasteiger partial charge on any atom is -0.352 e. The number of carbonyl (C=O) groups excluding carboxylic acids is 1. The van der Waals surface area contributed by atoms with Gasteiger partial charge >= 0.3 is 0 Å². The van der Waals surface area contributed by atoms with Crippen LogP contribution in [0.3, 0.4) is 0 Å². The van der Waals surface area contributed by atoms with Crippen LogP contribution in [0.15, 0.2) is 0 Å². The number of carbonyl (C=O) groups is 1. The van der Waals surface area contributed by atoms with Gasteiger partial charge < -0.3 is 11.1 Å². The lowest BCUT2D eigenvalue weighted by atomic mass is 9.87. The highest BCUT2D eigenvalue weighted by atomic mass is 32.2. The van der Waals surface area contributed by atoms with Crippen LogP contribution >= 0.6 is 11.8 Å². The molecule has 1 aliphatic rings. The minimum absolute atomic E-state index is 0.0353. The van der Waals surface area contributed by atoms with Gasteiger partial charge in [0.25, 0.3) is 0 Å². The first-order valence-electron chi connectivity index (χ1n) is 6.18. The molecule has 0 spiro atoms.